The first-order valence-electron chi connectivity index (χ1n) is 9.56. The van der Waals surface area contributed by atoms with E-state index < -0.39 is 0 Å². The van der Waals surface area contributed by atoms with Crippen molar-refractivity contribution in [2.24, 2.45) is 0 Å². The van der Waals surface area contributed by atoms with Crippen LogP contribution >= 0.6 is 0 Å². The molecule has 2 heterocycles. The second-order valence-electron chi connectivity index (χ2n) is 7.20. The summed E-state index contributed by atoms with van der Waals surface area (Å²) < 4.78 is 10.7. The van der Waals surface area contributed by atoms with Crippen LogP contribution < -0.4 is 15.0 Å². The first-order chi connectivity index (χ1) is 12.8. The predicted molar refractivity (Wildman–Crippen MR) is 106 cm³/mol. The molecule has 26 heavy (non-hydrogen) atoms. The Kier molecular flexibility index (Phi) is 5.14. The summed E-state index contributed by atoms with van der Waals surface area (Å²) in [6.07, 6.45) is 3.29. The quantitative estimate of drug-likeness (QED) is 0.895. The number of hydrogen-bond acceptors (Lipinski definition) is 4. The smallest absolute Gasteiger partial charge is 0.119 e. The maximum atomic E-state index is 5.43. The lowest BCUT2D eigenvalue weighted by Gasteiger charge is -2.25. The Morgan fingerprint density at radius 2 is 2.04 bits per heavy atom. The molecular weight excluding hydrogens is 324 g/mol. The average molecular weight is 352 g/mol. The molecule has 4 nitrogen and oxygen atoms in total. The highest BCUT2D eigenvalue weighted by molar-refractivity contribution is 5.75. The van der Waals surface area contributed by atoms with E-state index in [4.69, 9.17) is 9.47 Å². The van der Waals surface area contributed by atoms with Crippen molar-refractivity contribution >= 4 is 5.69 Å². The molecule has 4 heteroatoms. The van der Waals surface area contributed by atoms with Gasteiger partial charge in [0.15, 0.2) is 0 Å². The zero-order valence-electron chi connectivity index (χ0n) is 15.8. The lowest BCUT2D eigenvalue weighted by Crippen LogP contribution is -2.32. The summed E-state index contributed by atoms with van der Waals surface area (Å²) in [5.41, 5.74) is 6.76. The molecule has 1 N–H and O–H groups in total. The second-order valence-corrected chi connectivity index (χ2v) is 7.20. The number of anilines is 1. The largest absolute Gasteiger partial charge is 0.497 e. The third-order valence-electron chi connectivity index (χ3n) is 5.67. The van der Waals surface area contributed by atoms with Crippen LogP contribution in [0.1, 0.15) is 17.5 Å². The zero-order chi connectivity index (χ0) is 17.9. The summed E-state index contributed by atoms with van der Waals surface area (Å²) >= 11 is 0. The molecule has 0 radical (unpaired) electrons. The fourth-order valence-corrected chi connectivity index (χ4v) is 4.28. The molecule has 0 bridgehead atoms. The van der Waals surface area contributed by atoms with Crippen molar-refractivity contribution in [2.45, 2.75) is 25.3 Å². The van der Waals surface area contributed by atoms with Crippen LogP contribution in [0.25, 0.3) is 11.1 Å². The normalized spacial score (nSPS) is 19.0. The molecule has 4 rings (SSSR count). The highest BCUT2D eigenvalue weighted by atomic mass is 16.5. The van der Waals surface area contributed by atoms with Gasteiger partial charge in [-0.2, -0.15) is 0 Å². The number of fused-ring (bicyclic) bond motifs is 3. The van der Waals surface area contributed by atoms with Gasteiger partial charge in [0.2, 0.25) is 0 Å². The zero-order valence-corrected chi connectivity index (χ0v) is 15.8. The van der Waals surface area contributed by atoms with Gasteiger partial charge in [0.25, 0.3) is 0 Å². The van der Waals surface area contributed by atoms with Crippen molar-refractivity contribution < 1.29 is 9.47 Å². The molecule has 0 aromatic heterocycles. The van der Waals surface area contributed by atoms with Gasteiger partial charge in [-0.25, -0.2) is 0 Å². The van der Waals surface area contributed by atoms with E-state index in [1.807, 2.05) is 0 Å². The number of nitrogens with zero attached hydrogens (tertiary/aromatic N) is 1. The molecule has 2 aromatic rings. The van der Waals surface area contributed by atoms with E-state index in [0.29, 0.717) is 12.6 Å². The second kappa shape index (κ2) is 7.68. The highest BCUT2D eigenvalue weighted by Crippen LogP contribution is 2.38. The average Bonchev–Trinajstić information content (AvgIpc) is 2.85. The van der Waals surface area contributed by atoms with Crippen molar-refractivity contribution in [3.63, 3.8) is 0 Å². The molecule has 0 spiro atoms. The minimum absolute atomic E-state index is 0.652. The third-order valence-corrected chi connectivity index (χ3v) is 5.67. The maximum Gasteiger partial charge on any atom is 0.119 e. The number of benzene rings is 2. The van der Waals surface area contributed by atoms with Crippen LogP contribution in [0.2, 0.25) is 0 Å². The minimum Gasteiger partial charge on any atom is -0.497 e. The van der Waals surface area contributed by atoms with Crippen LogP contribution in [0, 0.1) is 0 Å². The molecule has 0 saturated carbocycles. The Morgan fingerprint density at radius 1 is 1.12 bits per heavy atom. The topological polar surface area (TPSA) is 33.7 Å². The van der Waals surface area contributed by atoms with Crippen LogP contribution in [0.15, 0.2) is 36.4 Å². The SMILES string of the molecule is COCCc1cc(OC)ccc1-c1ccc2c(c1)N1CCNCCC1C2. The number of methoxy groups -OCH3 is 2. The molecule has 2 aromatic carbocycles. The first kappa shape index (κ1) is 17.4. The van der Waals surface area contributed by atoms with Gasteiger partial charge < -0.3 is 19.7 Å². The van der Waals surface area contributed by atoms with Crippen LogP contribution in [0.5, 0.6) is 5.75 Å². The molecule has 2 aliphatic rings. The van der Waals surface area contributed by atoms with Crippen LogP contribution in [0.3, 0.4) is 0 Å². The van der Waals surface area contributed by atoms with E-state index in [9.17, 15) is 0 Å². The highest BCUT2D eigenvalue weighted by Gasteiger charge is 2.30. The predicted octanol–water partition coefficient (Wildman–Crippen LogP) is 3.28. The first-order valence-corrected chi connectivity index (χ1v) is 9.56. The summed E-state index contributed by atoms with van der Waals surface area (Å²) in [7, 11) is 3.47. The van der Waals surface area contributed by atoms with Crippen LogP contribution in [-0.4, -0.2) is 46.5 Å². The molecule has 0 amide bonds. The fraction of sp³-hybridized carbons (Fsp3) is 0.455. The Bertz CT molecular complexity index is 775. The number of nitrogens with one attached hydrogen (secondary N) is 1. The van der Waals surface area contributed by atoms with E-state index in [0.717, 1.165) is 31.8 Å². The van der Waals surface area contributed by atoms with E-state index in [-0.39, 0.29) is 0 Å². The van der Waals surface area contributed by atoms with E-state index in [1.165, 1.54) is 40.8 Å². The van der Waals surface area contributed by atoms with E-state index >= 15 is 0 Å². The van der Waals surface area contributed by atoms with Gasteiger partial charge >= 0.3 is 0 Å². The van der Waals surface area contributed by atoms with Crippen LogP contribution in [0.4, 0.5) is 5.69 Å². The summed E-state index contributed by atoms with van der Waals surface area (Å²) in [6, 6.07) is 14.0. The van der Waals surface area contributed by atoms with Crippen molar-refractivity contribution in [2.75, 3.05) is 45.4 Å². The molecule has 1 atom stereocenters. The third kappa shape index (κ3) is 3.31. The van der Waals surface area contributed by atoms with Crippen molar-refractivity contribution in [3.8, 4) is 16.9 Å². The van der Waals surface area contributed by atoms with Crippen molar-refractivity contribution in [3.05, 3.63) is 47.5 Å². The lowest BCUT2D eigenvalue weighted by atomic mass is 9.95. The number of hydrogen-bond donors (Lipinski definition) is 1. The van der Waals surface area contributed by atoms with Gasteiger partial charge in [0.1, 0.15) is 5.75 Å². The molecule has 2 aliphatic heterocycles. The van der Waals surface area contributed by atoms with E-state index in [1.54, 1.807) is 14.2 Å². The molecule has 1 fully saturated rings. The maximum absolute atomic E-state index is 5.43. The Hall–Kier alpha value is -2.04. The molecule has 138 valence electrons. The summed E-state index contributed by atoms with van der Waals surface area (Å²) in [5, 5.41) is 3.53. The van der Waals surface area contributed by atoms with Gasteiger partial charge in [0.05, 0.1) is 13.7 Å². The number of ether oxygens (including phenoxy) is 2. The van der Waals surface area contributed by atoms with Crippen LogP contribution in [-0.2, 0) is 17.6 Å². The molecule has 0 aliphatic carbocycles. The molecular formula is C22H28N2O2. The van der Waals surface area contributed by atoms with Gasteiger partial charge in [-0.05, 0) is 66.3 Å². The fourth-order valence-electron chi connectivity index (χ4n) is 4.28. The van der Waals surface area contributed by atoms with Gasteiger partial charge in [-0.1, -0.05) is 18.2 Å². The monoisotopic (exact) mass is 352 g/mol. The van der Waals surface area contributed by atoms with Gasteiger partial charge in [-0.15, -0.1) is 0 Å². The molecule has 1 saturated heterocycles. The van der Waals surface area contributed by atoms with E-state index in [2.05, 4.69) is 46.6 Å². The van der Waals surface area contributed by atoms with Gasteiger partial charge in [-0.3, -0.25) is 0 Å². The summed E-state index contributed by atoms with van der Waals surface area (Å²) in [5.74, 6) is 0.902. The van der Waals surface area contributed by atoms with Gasteiger partial charge in [0, 0.05) is 31.9 Å². The Balaban J connectivity index is 1.70. The van der Waals surface area contributed by atoms with Crippen molar-refractivity contribution in [1.82, 2.24) is 5.32 Å². The Morgan fingerprint density at radius 3 is 2.88 bits per heavy atom. The summed E-state index contributed by atoms with van der Waals surface area (Å²) in [6.45, 7) is 4.01. The lowest BCUT2D eigenvalue weighted by molar-refractivity contribution is 0.202. The van der Waals surface area contributed by atoms with Crippen molar-refractivity contribution in [1.29, 1.82) is 0 Å². The number of rotatable bonds is 5. The minimum atomic E-state index is 0.652. The Labute approximate surface area is 156 Å². The molecule has 1 unspecified atom stereocenters. The summed E-state index contributed by atoms with van der Waals surface area (Å²) in [4.78, 5) is 2.61. The standard InChI is InChI=1S/C22H28N2O2/c1-25-12-8-17-14-20(26-2)5-6-21(17)16-3-4-18-13-19-7-9-23-10-11-24(19)22(18)15-16/h3-6,14-15,19,23H,7-13H2,1-2H3.